The van der Waals surface area contributed by atoms with Gasteiger partial charge in [0.2, 0.25) is 5.91 Å². The Labute approximate surface area is 113 Å². The Balaban J connectivity index is 2.01. The van der Waals surface area contributed by atoms with Crippen molar-refractivity contribution < 1.29 is 22.7 Å². The number of ether oxygens (including phenoxy) is 1. The van der Waals surface area contributed by atoms with Crippen LogP contribution in [0.15, 0.2) is 18.3 Å². The SMILES string of the molecule is CNC1COCC1C(=O)Nc1ccc(C(F)(F)F)nc1. The summed E-state index contributed by atoms with van der Waals surface area (Å²) in [5.74, 6) is -0.675. The van der Waals surface area contributed by atoms with Gasteiger partial charge in [0.15, 0.2) is 0 Å². The largest absolute Gasteiger partial charge is 0.433 e. The molecule has 1 fully saturated rings. The Morgan fingerprint density at radius 3 is 2.70 bits per heavy atom. The van der Waals surface area contributed by atoms with Gasteiger partial charge >= 0.3 is 6.18 Å². The monoisotopic (exact) mass is 289 g/mol. The maximum atomic E-state index is 12.4. The van der Waals surface area contributed by atoms with E-state index < -0.39 is 11.9 Å². The number of carbonyl (C=O) groups excluding carboxylic acids is 1. The lowest BCUT2D eigenvalue weighted by Gasteiger charge is -2.16. The average molecular weight is 289 g/mol. The number of aromatic nitrogens is 1. The zero-order valence-corrected chi connectivity index (χ0v) is 10.7. The number of carbonyl (C=O) groups is 1. The van der Waals surface area contributed by atoms with E-state index in [0.29, 0.717) is 6.61 Å². The van der Waals surface area contributed by atoms with Gasteiger partial charge < -0.3 is 15.4 Å². The van der Waals surface area contributed by atoms with Gasteiger partial charge in [-0.2, -0.15) is 13.2 Å². The van der Waals surface area contributed by atoms with Crippen molar-refractivity contribution in [2.45, 2.75) is 12.2 Å². The molecule has 1 aromatic rings. The second-order valence-electron chi connectivity index (χ2n) is 4.46. The van der Waals surface area contributed by atoms with E-state index in [0.717, 1.165) is 12.3 Å². The van der Waals surface area contributed by atoms with Crippen molar-refractivity contribution in [3.05, 3.63) is 24.0 Å². The summed E-state index contributed by atoms with van der Waals surface area (Å²) in [4.78, 5) is 15.3. The van der Waals surface area contributed by atoms with E-state index in [-0.39, 0.29) is 30.2 Å². The van der Waals surface area contributed by atoms with Crippen molar-refractivity contribution >= 4 is 11.6 Å². The molecule has 0 aliphatic carbocycles. The first kappa shape index (κ1) is 14.7. The number of alkyl halides is 3. The van der Waals surface area contributed by atoms with Crippen LogP contribution in [0.3, 0.4) is 0 Å². The lowest BCUT2D eigenvalue weighted by Crippen LogP contribution is -2.39. The van der Waals surface area contributed by atoms with Crippen molar-refractivity contribution in [3.63, 3.8) is 0 Å². The van der Waals surface area contributed by atoms with E-state index in [4.69, 9.17) is 4.74 Å². The molecule has 0 bridgehead atoms. The molecular formula is C12H14F3N3O2. The van der Waals surface area contributed by atoms with Gasteiger partial charge in [-0.15, -0.1) is 0 Å². The zero-order valence-electron chi connectivity index (χ0n) is 10.7. The number of hydrogen-bond donors (Lipinski definition) is 2. The molecule has 1 aliphatic heterocycles. The minimum absolute atomic E-state index is 0.0996. The first-order valence-electron chi connectivity index (χ1n) is 6.01. The van der Waals surface area contributed by atoms with Gasteiger partial charge in [-0.25, -0.2) is 4.98 Å². The topological polar surface area (TPSA) is 63.2 Å². The smallest absolute Gasteiger partial charge is 0.379 e. The number of rotatable bonds is 3. The third kappa shape index (κ3) is 3.26. The van der Waals surface area contributed by atoms with E-state index >= 15 is 0 Å². The second-order valence-corrected chi connectivity index (χ2v) is 4.46. The number of hydrogen-bond acceptors (Lipinski definition) is 4. The maximum absolute atomic E-state index is 12.4. The molecule has 2 N–H and O–H groups in total. The molecule has 2 atom stereocenters. The number of amides is 1. The summed E-state index contributed by atoms with van der Waals surface area (Å²) in [5, 5.41) is 5.50. The van der Waals surface area contributed by atoms with Crippen LogP contribution in [0.1, 0.15) is 5.69 Å². The van der Waals surface area contributed by atoms with Gasteiger partial charge in [-0.05, 0) is 19.2 Å². The summed E-state index contributed by atoms with van der Waals surface area (Å²) < 4.78 is 42.2. The van der Waals surface area contributed by atoms with Crippen LogP contribution in [-0.4, -0.2) is 37.2 Å². The fourth-order valence-corrected chi connectivity index (χ4v) is 1.97. The second kappa shape index (κ2) is 5.76. The minimum atomic E-state index is -4.49. The van der Waals surface area contributed by atoms with Crippen LogP contribution in [0.2, 0.25) is 0 Å². The van der Waals surface area contributed by atoms with Crippen LogP contribution >= 0.6 is 0 Å². The van der Waals surface area contributed by atoms with Gasteiger partial charge in [-0.3, -0.25) is 4.79 Å². The van der Waals surface area contributed by atoms with Crippen LogP contribution in [0.5, 0.6) is 0 Å². The van der Waals surface area contributed by atoms with Gasteiger partial charge in [0.05, 0.1) is 31.0 Å². The fourth-order valence-electron chi connectivity index (χ4n) is 1.97. The molecule has 1 saturated heterocycles. The molecule has 2 rings (SSSR count). The van der Waals surface area contributed by atoms with Crippen molar-refractivity contribution in [1.82, 2.24) is 10.3 Å². The number of likely N-dealkylation sites (N-methyl/N-ethyl adjacent to an activating group) is 1. The molecule has 0 radical (unpaired) electrons. The van der Waals surface area contributed by atoms with Crippen molar-refractivity contribution in [1.29, 1.82) is 0 Å². The average Bonchev–Trinajstić information content (AvgIpc) is 2.86. The molecule has 1 amide bonds. The highest BCUT2D eigenvalue weighted by molar-refractivity contribution is 5.93. The molecule has 0 saturated carbocycles. The number of anilines is 1. The molecule has 5 nitrogen and oxygen atoms in total. The van der Waals surface area contributed by atoms with Crippen LogP contribution in [0.25, 0.3) is 0 Å². The zero-order chi connectivity index (χ0) is 14.8. The van der Waals surface area contributed by atoms with Crippen molar-refractivity contribution in [2.75, 3.05) is 25.6 Å². The Hall–Kier alpha value is -1.67. The first-order chi connectivity index (χ1) is 9.41. The van der Waals surface area contributed by atoms with Crippen LogP contribution < -0.4 is 10.6 Å². The lowest BCUT2D eigenvalue weighted by molar-refractivity contribution is -0.141. The van der Waals surface area contributed by atoms with E-state index in [1.165, 1.54) is 6.07 Å². The number of nitrogens with zero attached hydrogens (tertiary/aromatic N) is 1. The molecule has 20 heavy (non-hydrogen) atoms. The van der Waals surface area contributed by atoms with Crippen molar-refractivity contribution in [2.24, 2.45) is 5.92 Å². The van der Waals surface area contributed by atoms with Gasteiger partial charge in [0.1, 0.15) is 5.69 Å². The van der Waals surface area contributed by atoms with Gasteiger partial charge in [0.25, 0.3) is 0 Å². The third-order valence-corrected chi connectivity index (χ3v) is 3.11. The van der Waals surface area contributed by atoms with E-state index in [9.17, 15) is 18.0 Å². The Morgan fingerprint density at radius 1 is 1.40 bits per heavy atom. The molecule has 1 aromatic heterocycles. The molecule has 0 aromatic carbocycles. The summed E-state index contributed by atoms with van der Waals surface area (Å²) in [6, 6.07) is 1.91. The number of halogens is 3. The Morgan fingerprint density at radius 2 is 2.15 bits per heavy atom. The first-order valence-corrected chi connectivity index (χ1v) is 6.01. The standard InChI is InChI=1S/C12H14F3N3O2/c1-16-9-6-20-5-8(9)11(19)18-7-2-3-10(17-4-7)12(13,14)15/h2-4,8-9,16H,5-6H2,1H3,(H,18,19). The summed E-state index contributed by atoms with van der Waals surface area (Å²) in [6.07, 6.45) is -3.50. The summed E-state index contributed by atoms with van der Waals surface area (Å²) in [5.41, 5.74) is -0.766. The van der Waals surface area contributed by atoms with Gasteiger partial charge in [-0.1, -0.05) is 0 Å². The fraction of sp³-hybridized carbons (Fsp3) is 0.500. The molecule has 2 unspecified atom stereocenters. The molecule has 0 spiro atoms. The highest BCUT2D eigenvalue weighted by Gasteiger charge is 2.34. The summed E-state index contributed by atoms with van der Waals surface area (Å²) >= 11 is 0. The predicted octanol–water partition coefficient (Wildman–Crippen LogP) is 1.27. The normalized spacial score (nSPS) is 22.8. The Bertz CT molecular complexity index is 476. The highest BCUT2D eigenvalue weighted by Crippen LogP contribution is 2.28. The van der Waals surface area contributed by atoms with Crippen LogP contribution in [-0.2, 0) is 15.7 Å². The quantitative estimate of drug-likeness (QED) is 0.879. The predicted molar refractivity (Wildman–Crippen MR) is 65.0 cm³/mol. The lowest BCUT2D eigenvalue weighted by atomic mass is 10.0. The van der Waals surface area contributed by atoms with E-state index in [1.54, 1.807) is 7.05 Å². The Kier molecular flexibility index (Phi) is 4.24. The molecule has 8 heteroatoms. The number of pyridine rings is 1. The summed E-state index contributed by atoms with van der Waals surface area (Å²) in [6.45, 7) is 0.714. The minimum Gasteiger partial charge on any atom is -0.379 e. The molecule has 2 heterocycles. The molecule has 1 aliphatic rings. The maximum Gasteiger partial charge on any atom is 0.433 e. The van der Waals surface area contributed by atoms with E-state index in [2.05, 4.69) is 15.6 Å². The highest BCUT2D eigenvalue weighted by atomic mass is 19.4. The van der Waals surface area contributed by atoms with Crippen LogP contribution in [0, 0.1) is 5.92 Å². The van der Waals surface area contributed by atoms with E-state index in [1.807, 2.05) is 0 Å². The van der Waals surface area contributed by atoms with Crippen molar-refractivity contribution in [3.8, 4) is 0 Å². The molecule has 110 valence electrons. The third-order valence-electron chi connectivity index (χ3n) is 3.11. The van der Waals surface area contributed by atoms with Crippen LogP contribution in [0.4, 0.5) is 18.9 Å². The molecular weight excluding hydrogens is 275 g/mol. The number of nitrogens with one attached hydrogen (secondary N) is 2. The van der Waals surface area contributed by atoms with Gasteiger partial charge in [0, 0.05) is 6.04 Å². The summed E-state index contributed by atoms with van der Waals surface area (Å²) in [7, 11) is 1.72.